The number of aromatic nitrogens is 3. The lowest BCUT2D eigenvalue weighted by Crippen LogP contribution is -2.29. The molecule has 2 aromatic heterocycles. The number of amides is 2. The zero-order chi connectivity index (χ0) is 15.2. The molecule has 2 heterocycles. The Bertz CT molecular complexity index is 658. The molecule has 0 aliphatic rings. The number of hydrogen-bond donors (Lipinski definition) is 2. The summed E-state index contributed by atoms with van der Waals surface area (Å²) in [6.07, 6.45) is 6.53. The van der Waals surface area contributed by atoms with Crippen LogP contribution >= 0.6 is 15.9 Å². The van der Waals surface area contributed by atoms with Crippen LogP contribution in [0.2, 0.25) is 0 Å². The van der Waals surface area contributed by atoms with Gasteiger partial charge in [-0.05, 0) is 22.4 Å². The van der Waals surface area contributed by atoms with Crippen LogP contribution in [0, 0.1) is 5.82 Å². The van der Waals surface area contributed by atoms with Gasteiger partial charge in [0.15, 0.2) is 4.60 Å². The molecule has 0 bridgehead atoms. The Morgan fingerprint density at radius 2 is 2.33 bits per heavy atom. The van der Waals surface area contributed by atoms with Gasteiger partial charge >= 0.3 is 6.03 Å². The van der Waals surface area contributed by atoms with Crippen molar-refractivity contribution < 1.29 is 9.18 Å². The smallest absolute Gasteiger partial charge is 0.319 e. The molecule has 0 unspecified atom stereocenters. The summed E-state index contributed by atoms with van der Waals surface area (Å²) in [5, 5.41) is 9.45. The quantitative estimate of drug-likeness (QED) is 0.641. The van der Waals surface area contributed by atoms with Crippen molar-refractivity contribution in [2.45, 2.75) is 6.42 Å². The lowest BCUT2D eigenvalue weighted by molar-refractivity contribution is 0.252. The summed E-state index contributed by atoms with van der Waals surface area (Å²) in [5.41, 5.74) is 0.922. The Hall–Kier alpha value is -2.22. The van der Waals surface area contributed by atoms with Crippen LogP contribution in [0.25, 0.3) is 5.69 Å². The predicted octanol–water partition coefficient (Wildman–Crippen LogP) is 2.87. The molecule has 0 saturated heterocycles. The van der Waals surface area contributed by atoms with Gasteiger partial charge in [0.2, 0.25) is 0 Å². The molecular weight excluding hydrogens is 341 g/mol. The van der Waals surface area contributed by atoms with Crippen LogP contribution in [0.1, 0.15) is 6.42 Å². The first-order chi connectivity index (χ1) is 10.1. The van der Waals surface area contributed by atoms with E-state index in [1.165, 1.54) is 16.9 Å². The van der Waals surface area contributed by atoms with E-state index in [1.807, 2.05) is 0 Å². The van der Waals surface area contributed by atoms with Crippen LogP contribution in [-0.2, 0) is 0 Å². The Balaban J connectivity index is 2.09. The molecule has 0 spiro atoms. The Labute approximate surface area is 129 Å². The van der Waals surface area contributed by atoms with Gasteiger partial charge in [-0.1, -0.05) is 6.08 Å². The third kappa shape index (κ3) is 4.12. The number of anilines is 1. The van der Waals surface area contributed by atoms with E-state index in [0.29, 0.717) is 28.9 Å². The lowest BCUT2D eigenvalue weighted by Gasteiger charge is -2.04. The molecule has 0 aliphatic heterocycles. The topological polar surface area (TPSA) is 71.8 Å². The zero-order valence-corrected chi connectivity index (χ0v) is 12.6. The van der Waals surface area contributed by atoms with Crippen molar-refractivity contribution in [2.24, 2.45) is 0 Å². The fourth-order valence-electron chi connectivity index (χ4n) is 1.55. The summed E-state index contributed by atoms with van der Waals surface area (Å²) in [4.78, 5) is 15.4. The second-order valence-electron chi connectivity index (χ2n) is 4.10. The van der Waals surface area contributed by atoms with Crippen molar-refractivity contribution in [3.63, 3.8) is 0 Å². The zero-order valence-electron chi connectivity index (χ0n) is 11.0. The molecule has 6 nitrogen and oxygen atoms in total. The summed E-state index contributed by atoms with van der Waals surface area (Å²) in [5.74, 6) is -0.462. The van der Waals surface area contributed by atoms with Crippen LogP contribution in [-0.4, -0.2) is 27.3 Å². The van der Waals surface area contributed by atoms with E-state index >= 15 is 0 Å². The van der Waals surface area contributed by atoms with E-state index in [0.717, 1.165) is 6.20 Å². The Morgan fingerprint density at radius 1 is 1.52 bits per heavy atom. The average Bonchev–Trinajstić information content (AvgIpc) is 2.80. The van der Waals surface area contributed by atoms with E-state index < -0.39 is 5.82 Å². The average molecular weight is 354 g/mol. The maximum Gasteiger partial charge on any atom is 0.319 e. The van der Waals surface area contributed by atoms with Gasteiger partial charge < -0.3 is 10.6 Å². The molecule has 21 heavy (non-hydrogen) atoms. The maximum atomic E-state index is 13.1. The van der Waals surface area contributed by atoms with Crippen molar-refractivity contribution >= 4 is 27.6 Å². The second kappa shape index (κ2) is 6.98. The fourth-order valence-corrected chi connectivity index (χ4v) is 1.92. The van der Waals surface area contributed by atoms with E-state index in [2.05, 4.69) is 43.2 Å². The number of hydrogen-bond acceptors (Lipinski definition) is 3. The van der Waals surface area contributed by atoms with Gasteiger partial charge in [-0.25, -0.2) is 13.9 Å². The largest absolute Gasteiger partial charge is 0.338 e. The van der Waals surface area contributed by atoms with E-state index in [9.17, 15) is 9.18 Å². The highest BCUT2D eigenvalue weighted by molar-refractivity contribution is 9.10. The van der Waals surface area contributed by atoms with Crippen LogP contribution in [0.5, 0.6) is 0 Å². The van der Waals surface area contributed by atoms with Crippen molar-refractivity contribution in [2.75, 3.05) is 11.9 Å². The molecule has 0 fully saturated rings. The Kier molecular flexibility index (Phi) is 5.04. The predicted molar refractivity (Wildman–Crippen MR) is 80.9 cm³/mol. The van der Waals surface area contributed by atoms with E-state index in [1.54, 1.807) is 12.3 Å². The van der Waals surface area contributed by atoms with Crippen molar-refractivity contribution in [3.8, 4) is 5.69 Å². The monoisotopic (exact) mass is 353 g/mol. The normalized spacial score (nSPS) is 10.2. The third-order valence-corrected chi connectivity index (χ3v) is 3.09. The van der Waals surface area contributed by atoms with Crippen LogP contribution in [0.4, 0.5) is 14.9 Å². The van der Waals surface area contributed by atoms with Gasteiger partial charge in [-0.15, -0.1) is 6.58 Å². The molecule has 2 aromatic rings. The third-order valence-electron chi connectivity index (χ3n) is 2.51. The molecule has 2 amide bonds. The molecule has 0 aromatic carbocycles. The summed E-state index contributed by atoms with van der Waals surface area (Å²) in [6.45, 7) is 4.07. The van der Waals surface area contributed by atoms with E-state index in [4.69, 9.17) is 0 Å². The van der Waals surface area contributed by atoms with Crippen molar-refractivity contribution in [3.05, 3.63) is 47.7 Å². The molecule has 2 rings (SSSR count). The minimum atomic E-state index is -0.462. The number of halogens is 2. The highest BCUT2D eigenvalue weighted by atomic mass is 79.9. The first-order valence-electron chi connectivity index (χ1n) is 6.12. The standard InChI is InChI=1S/C13H13BrFN5O/c1-2-3-4-17-13(21)18-11-8-20(19-12(11)14)10-5-9(15)6-16-7-10/h2,5-8H,1,3-4H2,(H2,17,18,21). The fraction of sp³-hybridized carbons (Fsp3) is 0.154. The van der Waals surface area contributed by atoms with Crippen LogP contribution in [0.15, 0.2) is 41.9 Å². The van der Waals surface area contributed by atoms with Crippen molar-refractivity contribution in [1.82, 2.24) is 20.1 Å². The minimum absolute atomic E-state index is 0.352. The molecule has 110 valence electrons. The summed E-state index contributed by atoms with van der Waals surface area (Å²) in [6, 6.07) is 0.940. The molecule has 2 N–H and O–H groups in total. The number of nitrogens with zero attached hydrogens (tertiary/aromatic N) is 3. The lowest BCUT2D eigenvalue weighted by atomic mass is 10.4. The van der Waals surface area contributed by atoms with Gasteiger partial charge in [-0.3, -0.25) is 4.98 Å². The molecule has 0 radical (unpaired) electrons. The molecular formula is C13H13BrFN5O. The Morgan fingerprint density at radius 3 is 3.05 bits per heavy atom. The summed E-state index contributed by atoms with van der Waals surface area (Å²) < 4.78 is 15.0. The summed E-state index contributed by atoms with van der Waals surface area (Å²) >= 11 is 3.24. The van der Waals surface area contributed by atoms with Gasteiger partial charge in [0, 0.05) is 12.6 Å². The number of rotatable bonds is 5. The first kappa shape index (κ1) is 15.2. The first-order valence-corrected chi connectivity index (χ1v) is 6.91. The highest BCUT2D eigenvalue weighted by Crippen LogP contribution is 2.22. The summed E-state index contributed by atoms with van der Waals surface area (Å²) in [7, 11) is 0. The molecule has 0 aliphatic carbocycles. The maximum absolute atomic E-state index is 13.1. The van der Waals surface area contributed by atoms with Crippen molar-refractivity contribution in [1.29, 1.82) is 0 Å². The van der Waals surface area contributed by atoms with Crippen LogP contribution in [0.3, 0.4) is 0 Å². The number of nitrogens with one attached hydrogen (secondary N) is 2. The van der Waals surface area contributed by atoms with Gasteiger partial charge in [0.1, 0.15) is 5.82 Å². The van der Waals surface area contributed by atoms with Gasteiger partial charge in [-0.2, -0.15) is 5.10 Å². The second-order valence-corrected chi connectivity index (χ2v) is 4.85. The minimum Gasteiger partial charge on any atom is -0.338 e. The van der Waals surface area contributed by atoms with Gasteiger partial charge in [0.05, 0.1) is 30.0 Å². The number of carbonyl (C=O) groups excluding carboxylic acids is 1. The number of pyridine rings is 1. The van der Waals surface area contributed by atoms with Crippen LogP contribution < -0.4 is 10.6 Å². The number of carbonyl (C=O) groups is 1. The molecule has 0 atom stereocenters. The molecule has 8 heteroatoms. The number of urea groups is 1. The van der Waals surface area contributed by atoms with E-state index in [-0.39, 0.29) is 6.03 Å². The highest BCUT2D eigenvalue weighted by Gasteiger charge is 2.11. The SMILES string of the molecule is C=CCCNC(=O)Nc1cn(-c2cncc(F)c2)nc1Br. The molecule has 0 saturated carbocycles. The van der Waals surface area contributed by atoms with Gasteiger partial charge in [0.25, 0.3) is 0 Å².